The number of unbranched alkanes of at least 4 members (excludes halogenated alkanes) is 1. The number of aryl methyl sites for hydroxylation is 2. The number of amides is 1. The number of nitrogens with zero attached hydrogens (tertiary/aromatic N) is 1. The molecular weight excluding hydrogens is 332 g/mol. The van der Waals surface area contributed by atoms with Gasteiger partial charge in [0, 0.05) is 22.6 Å². The molecule has 4 nitrogen and oxygen atoms in total. The van der Waals surface area contributed by atoms with Crippen LogP contribution in [0.4, 0.5) is 0 Å². The van der Waals surface area contributed by atoms with Gasteiger partial charge in [0.2, 0.25) is 0 Å². The molecule has 23 heavy (non-hydrogen) atoms. The summed E-state index contributed by atoms with van der Waals surface area (Å²) in [7, 11) is 0. The third-order valence-electron chi connectivity index (χ3n) is 3.28. The van der Waals surface area contributed by atoms with Gasteiger partial charge >= 0.3 is 0 Å². The van der Waals surface area contributed by atoms with Crippen molar-refractivity contribution in [2.75, 3.05) is 6.54 Å². The molecule has 0 saturated heterocycles. The molecule has 1 amide bonds. The van der Waals surface area contributed by atoms with Crippen molar-refractivity contribution in [2.45, 2.75) is 39.2 Å². The molecule has 0 aliphatic heterocycles. The number of rotatable bonds is 8. The highest BCUT2D eigenvalue weighted by Crippen LogP contribution is 2.16. The average Bonchev–Trinajstić information content (AvgIpc) is 2.94. The topological polar surface area (TPSA) is 51.2 Å². The van der Waals surface area contributed by atoms with Gasteiger partial charge in [-0.15, -0.1) is 11.3 Å². The number of ether oxygens (including phenoxy) is 1. The SMILES string of the molecule is Cc1csc(CCCCNC(=O)C(C)Oc2ccc(Cl)cc2)n1. The molecule has 1 aromatic carbocycles. The second kappa shape index (κ2) is 8.89. The summed E-state index contributed by atoms with van der Waals surface area (Å²) in [5, 5.41) is 6.76. The van der Waals surface area contributed by atoms with E-state index in [9.17, 15) is 4.79 Å². The highest BCUT2D eigenvalue weighted by Gasteiger charge is 2.13. The van der Waals surface area contributed by atoms with Gasteiger partial charge in [-0.2, -0.15) is 0 Å². The van der Waals surface area contributed by atoms with Crippen LogP contribution >= 0.6 is 22.9 Å². The Morgan fingerprint density at radius 1 is 1.35 bits per heavy atom. The Balaban J connectivity index is 1.62. The molecule has 0 bridgehead atoms. The van der Waals surface area contributed by atoms with Crippen molar-refractivity contribution in [1.82, 2.24) is 10.3 Å². The van der Waals surface area contributed by atoms with Gasteiger partial charge in [0.15, 0.2) is 6.10 Å². The maximum absolute atomic E-state index is 12.0. The van der Waals surface area contributed by atoms with Crippen LogP contribution in [0.2, 0.25) is 5.02 Å². The minimum absolute atomic E-state index is 0.106. The smallest absolute Gasteiger partial charge is 0.260 e. The molecule has 1 heterocycles. The second-order valence-corrected chi connectivity index (χ2v) is 6.72. The Morgan fingerprint density at radius 3 is 2.74 bits per heavy atom. The van der Waals surface area contributed by atoms with E-state index in [1.54, 1.807) is 42.5 Å². The lowest BCUT2D eigenvalue weighted by Gasteiger charge is -2.14. The van der Waals surface area contributed by atoms with Gasteiger partial charge in [-0.05, 0) is 57.4 Å². The standard InChI is InChI=1S/C17H21ClN2O2S/c1-12-11-23-16(20-12)5-3-4-10-19-17(21)13(2)22-15-8-6-14(18)7-9-15/h6-9,11,13H,3-5,10H2,1-2H3,(H,19,21). The molecule has 1 aromatic heterocycles. The van der Waals surface area contributed by atoms with Gasteiger partial charge in [0.1, 0.15) is 5.75 Å². The van der Waals surface area contributed by atoms with E-state index in [1.165, 1.54) is 0 Å². The van der Waals surface area contributed by atoms with Gasteiger partial charge in [0.25, 0.3) is 5.91 Å². The lowest BCUT2D eigenvalue weighted by Crippen LogP contribution is -2.36. The Labute approximate surface area is 145 Å². The second-order valence-electron chi connectivity index (χ2n) is 5.34. The van der Waals surface area contributed by atoms with Crippen molar-refractivity contribution in [3.63, 3.8) is 0 Å². The number of halogens is 1. The van der Waals surface area contributed by atoms with E-state index in [4.69, 9.17) is 16.3 Å². The van der Waals surface area contributed by atoms with E-state index in [0.717, 1.165) is 30.0 Å². The third-order valence-corrected chi connectivity index (χ3v) is 4.56. The van der Waals surface area contributed by atoms with E-state index >= 15 is 0 Å². The summed E-state index contributed by atoms with van der Waals surface area (Å²) in [6, 6.07) is 6.98. The first-order valence-corrected chi connectivity index (χ1v) is 8.91. The maximum atomic E-state index is 12.0. The van der Waals surface area contributed by atoms with Gasteiger partial charge < -0.3 is 10.1 Å². The average molecular weight is 353 g/mol. The first kappa shape index (κ1) is 17.8. The zero-order valence-electron chi connectivity index (χ0n) is 13.3. The fourth-order valence-electron chi connectivity index (χ4n) is 2.04. The van der Waals surface area contributed by atoms with Crippen LogP contribution in [0.3, 0.4) is 0 Å². The molecule has 2 aromatic rings. The van der Waals surface area contributed by atoms with Crippen LogP contribution < -0.4 is 10.1 Å². The minimum atomic E-state index is -0.530. The number of carbonyl (C=O) groups excluding carboxylic acids is 1. The molecule has 6 heteroatoms. The summed E-state index contributed by atoms with van der Waals surface area (Å²) in [5.74, 6) is 0.529. The highest BCUT2D eigenvalue weighted by molar-refractivity contribution is 7.09. The van der Waals surface area contributed by atoms with E-state index in [2.05, 4.69) is 15.7 Å². The Bertz CT molecular complexity index is 628. The number of benzene rings is 1. The summed E-state index contributed by atoms with van der Waals surface area (Å²) in [4.78, 5) is 16.4. The molecule has 0 spiro atoms. The molecular formula is C17H21ClN2O2S. The summed E-state index contributed by atoms with van der Waals surface area (Å²) in [6.07, 6.45) is 2.38. The van der Waals surface area contributed by atoms with E-state index in [-0.39, 0.29) is 5.91 Å². The van der Waals surface area contributed by atoms with Crippen molar-refractivity contribution in [1.29, 1.82) is 0 Å². The summed E-state index contributed by atoms with van der Waals surface area (Å²) >= 11 is 7.51. The van der Waals surface area contributed by atoms with Gasteiger partial charge in [-0.25, -0.2) is 4.98 Å². The maximum Gasteiger partial charge on any atom is 0.260 e. The number of carbonyl (C=O) groups is 1. The van der Waals surface area contributed by atoms with Gasteiger partial charge in [0.05, 0.1) is 5.01 Å². The number of aromatic nitrogens is 1. The Morgan fingerprint density at radius 2 is 2.09 bits per heavy atom. The summed E-state index contributed by atoms with van der Waals surface area (Å²) in [6.45, 7) is 4.39. The lowest BCUT2D eigenvalue weighted by atomic mass is 10.2. The predicted molar refractivity (Wildman–Crippen MR) is 94.3 cm³/mol. The number of hydrogen-bond donors (Lipinski definition) is 1. The van der Waals surface area contributed by atoms with E-state index in [1.807, 2.05) is 6.92 Å². The summed E-state index contributed by atoms with van der Waals surface area (Å²) in [5.41, 5.74) is 1.08. The van der Waals surface area contributed by atoms with Crippen molar-refractivity contribution >= 4 is 28.8 Å². The van der Waals surface area contributed by atoms with Gasteiger partial charge in [-0.3, -0.25) is 4.79 Å². The molecule has 0 aliphatic carbocycles. The molecule has 124 valence electrons. The van der Waals surface area contributed by atoms with Crippen molar-refractivity contribution in [3.05, 3.63) is 45.4 Å². The molecule has 0 fully saturated rings. The Kier molecular flexibility index (Phi) is 6.86. The predicted octanol–water partition coefficient (Wildman–Crippen LogP) is 4.01. The number of nitrogens with one attached hydrogen (secondary N) is 1. The first-order chi connectivity index (χ1) is 11.0. The number of hydrogen-bond acceptors (Lipinski definition) is 4. The molecule has 0 saturated carbocycles. The molecule has 1 N–H and O–H groups in total. The van der Waals surface area contributed by atoms with Crippen LogP contribution in [0.25, 0.3) is 0 Å². The monoisotopic (exact) mass is 352 g/mol. The lowest BCUT2D eigenvalue weighted by molar-refractivity contribution is -0.127. The molecule has 0 radical (unpaired) electrons. The molecule has 2 rings (SSSR count). The number of thiazole rings is 1. The van der Waals surface area contributed by atoms with Crippen LogP contribution in [0.15, 0.2) is 29.6 Å². The summed E-state index contributed by atoms with van der Waals surface area (Å²) < 4.78 is 5.58. The zero-order valence-corrected chi connectivity index (χ0v) is 14.9. The fourth-order valence-corrected chi connectivity index (χ4v) is 2.99. The van der Waals surface area contributed by atoms with Crippen LogP contribution in [0.5, 0.6) is 5.75 Å². The molecule has 1 unspecified atom stereocenters. The zero-order chi connectivity index (χ0) is 16.7. The largest absolute Gasteiger partial charge is 0.481 e. The normalized spacial score (nSPS) is 12.0. The quantitative estimate of drug-likeness (QED) is 0.730. The van der Waals surface area contributed by atoms with Gasteiger partial charge in [-0.1, -0.05) is 11.6 Å². The van der Waals surface area contributed by atoms with E-state index < -0.39 is 6.10 Å². The van der Waals surface area contributed by atoms with Crippen LogP contribution in [-0.4, -0.2) is 23.5 Å². The van der Waals surface area contributed by atoms with Crippen LogP contribution in [0.1, 0.15) is 30.5 Å². The minimum Gasteiger partial charge on any atom is -0.481 e. The Hall–Kier alpha value is -1.59. The van der Waals surface area contributed by atoms with Crippen molar-refractivity contribution in [2.24, 2.45) is 0 Å². The highest BCUT2D eigenvalue weighted by atomic mass is 35.5. The fraction of sp³-hybridized carbons (Fsp3) is 0.412. The van der Waals surface area contributed by atoms with Crippen molar-refractivity contribution < 1.29 is 9.53 Å². The van der Waals surface area contributed by atoms with Crippen molar-refractivity contribution in [3.8, 4) is 5.75 Å². The first-order valence-electron chi connectivity index (χ1n) is 7.65. The van der Waals surface area contributed by atoms with Crippen LogP contribution in [0, 0.1) is 6.92 Å². The van der Waals surface area contributed by atoms with Crippen LogP contribution in [-0.2, 0) is 11.2 Å². The molecule has 0 aliphatic rings. The van der Waals surface area contributed by atoms with E-state index in [0.29, 0.717) is 17.3 Å². The molecule has 1 atom stereocenters. The third kappa shape index (κ3) is 6.20.